The van der Waals surface area contributed by atoms with E-state index in [1.165, 1.54) is 18.6 Å². The first-order valence-electron chi connectivity index (χ1n) is 8.48. The number of benzene rings is 1. The quantitative estimate of drug-likeness (QED) is 0.778. The molecule has 2 atom stereocenters. The molecular formula is C18H25NO5S. The summed E-state index contributed by atoms with van der Waals surface area (Å²) in [5.74, 6) is -0.529. The molecule has 0 radical (unpaired) electrons. The largest absolute Gasteiger partial charge is 0.452 e. The van der Waals surface area contributed by atoms with E-state index < -0.39 is 15.8 Å². The molecule has 25 heavy (non-hydrogen) atoms. The van der Waals surface area contributed by atoms with E-state index in [0.717, 1.165) is 25.5 Å². The van der Waals surface area contributed by atoms with Crippen molar-refractivity contribution >= 4 is 21.7 Å². The average Bonchev–Trinajstić information content (AvgIpc) is 2.54. The fraction of sp³-hybridized carbons (Fsp3) is 0.556. The van der Waals surface area contributed by atoms with Crippen LogP contribution in [0.2, 0.25) is 0 Å². The van der Waals surface area contributed by atoms with Crippen molar-refractivity contribution in [1.82, 2.24) is 5.32 Å². The van der Waals surface area contributed by atoms with E-state index in [9.17, 15) is 18.0 Å². The van der Waals surface area contributed by atoms with Crippen molar-refractivity contribution in [3.8, 4) is 0 Å². The van der Waals surface area contributed by atoms with Crippen LogP contribution in [-0.4, -0.2) is 39.2 Å². The standard InChI is InChI=1S/C18H25NO5S/c1-13-5-3-4-6-16(13)19-17(20)11-24-18(21)15-9-7-14(8-10-15)12-25(2,22)23/h7-10,13,16H,3-6,11-12H2,1-2H3,(H,19,20)/t13-,16+/m0/s1. The highest BCUT2D eigenvalue weighted by atomic mass is 32.2. The van der Waals surface area contributed by atoms with Crippen LogP contribution >= 0.6 is 0 Å². The van der Waals surface area contributed by atoms with Crippen molar-refractivity contribution in [2.24, 2.45) is 5.92 Å². The zero-order chi connectivity index (χ0) is 18.4. The molecule has 1 saturated carbocycles. The van der Waals surface area contributed by atoms with Crippen molar-refractivity contribution in [3.63, 3.8) is 0 Å². The van der Waals surface area contributed by atoms with E-state index >= 15 is 0 Å². The monoisotopic (exact) mass is 367 g/mol. The van der Waals surface area contributed by atoms with Crippen molar-refractivity contribution in [2.75, 3.05) is 12.9 Å². The Labute approximate surface area is 148 Å². The van der Waals surface area contributed by atoms with Crippen LogP contribution in [0.4, 0.5) is 0 Å². The van der Waals surface area contributed by atoms with E-state index in [4.69, 9.17) is 4.74 Å². The summed E-state index contributed by atoms with van der Waals surface area (Å²) >= 11 is 0. The number of hydrogen-bond acceptors (Lipinski definition) is 5. The number of sulfone groups is 1. The Balaban J connectivity index is 1.82. The van der Waals surface area contributed by atoms with Crippen LogP contribution in [0.5, 0.6) is 0 Å². The molecule has 0 heterocycles. The summed E-state index contributed by atoms with van der Waals surface area (Å²) in [7, 11) is -3.12. The Bertz CT molecular complexity index is 711. The van der Waals surface area contributed by atoms with Gasteiger partial charge in [0.15, 0.2) is 16.4 Å². The number of carbonyl (C=O) groups excluding carboxylic acids is 2. The Morgan fingerprint density at radius 3 is 2.40 bits per heavy atom. The van der Waals surface area contributed by atoms with Gasteiger partial charge in [0, 0.05) is 12.3 Å². The molecule has 6 nitrogen and oxygen atoms in total. The minimum atomic E-state index is -3.12. The Kier molecular flexibility index (Phi) is 6.58. The van der Waals surface area contributed by atoms with Gasteiger partial charge < -0.3 is 10.1 Å². The van der Waals surface area contributed by atoms with Crippen LogP contribution in [0.15, 0.2) is 24.3 Å². The summed E-state index contributed by atoms with van der Waals surface area (Å²) in [5.41, 5.74) is 0.888. The molecule has 0 unspecified atom stereocenters. The van der Waals surface area contributed by atoms with Crippen molar-refractivity contribution < 1.29 is 22.7 Å². The summed E-state index contributed by atoms with van der Waals surface area (Å²) in [6.45, 7) is 1.81. The minimum absolute atomic E-state index is 0.0791. The number of carbonyl (C=O) groups is 2. The third-order valence-corrected chi connectivity index (χ3v) is 5.27. The van der Waals surface area contributed by atoms with Crippen LogP contribution < -0.4 is 5.32 Å². The molecule has 1 aromatic carbocycles. The third kappa shape index (κ3) is 6.49. The molecule has 0 spiro atoms. The molecular weight excluding hydrogens is 342 g/mol. The van der Waals surface area contributed by atoms with Crippen molar-refractivity contribution in [3.05, 3.63) is 35.4 Å². The third-order valence-electron chi connectivity index (χ3n) is 4.41. The molecule has 1 N–H and O–H groups in total. The zero-order valence-electron chi connectivity index (χ0n) is 14.7. The summed E-state index contributed by atoms with van der Waals surface area (Å²) in [6, 6.07) is 6.30. The van der Waals surface area contributed by atoms with Crippen molar-refractivity contribution in [2.45, 2.75) is 44.4 Å². The van der Waals surface area contributed by atoms with Gasteiger partial charge in [-0.1, -0.05) is 31.9 Å². The number of amides is 1. The SMILES string of the molecule is C[C@H]1CCCC[C@H]1NC(=O)COC(=O)c1ccc(CS(C)(=O)=O)cc1. The molecule has 1 aliphatic rings. The predicted octanol–water partition coefficient (Wildman–Crippen LogP) is 2.08. The second-order valence-corrected chi connectivity index (χ2v) is 8.92. The lowest BCUT2D eigenvalue weighted by molar-refractivity contribution is -0.125. The lowest BCUT2D eigenvalue weighted by Crippen LogP contribution is -2.42. The molecule has 0 aromatic heterocycles. The molecule has 138 valence electrons. The Morgan fingerprint density at radius 2 is 1.80 bits per heavy atom. The van der Waals surface area contributed by atoms with E-state index in [1.54, 1.807) is 12.1 Å². The molecule has 0 saturated heterocycles. The maximum absolute atomic E-state index is 12.0. The number of hydrogen-bond donors (Lipinski definition) is 1. The molecule has 1 fully saturated rings. The lowest BCUT2D eigenvalue weighted by atomic mass is 9.86. The molecule has 2 rings (SSSR count). The summed E-state index contributed by atoms with van der Waals surface area (Å²) in [5, 5.41) is 2.93. The predicted molar refractivity (Wildman–Crippen MR) is 94.8 cm³/mol. The molecule has 1 aromatic rings. The summed E-state index contributed by atoms with van der Waals surface area (Å²) in [4.78, 5) is 23.9. The van der Waals surface area contributed by atoms with Crippen LogP contribution in [0.3, 0.4) is 0 Å². The van der Waals surface area contributed by atoms with Gasteiger partial charge in [-0.25, -0.2) is 13.2 Å². The van der Waals surface area contributed by atoms with E-state index in [0.29, 0.717) is 11.5 Å². The Morgan fingerprint density at radius 1 is 1.16 bits per heavy atom. The van der Waals surface area contributed by atoms with Gasteiger partial charge in [-0.15, -0.1) is 0 Å². The van der Waals surface area contributed by atoms with E-state index in [1.807, 2.05) is 0 Å². The molecule has 0 bridgehead atoms. The van der Waals surface area contributed by atoms with Gasteiger partial charge in [0.1, 0.15) is 0 Å². The average molecular weight is 367 g/mol. The van der Waals surface area contributed by atoms with Crippen molar-refractivity contribution in [1.29, 1.82) is 0 Å². The molecule has 1 amide bonds. The highest BCUT2D eigenvalue weighted by Gasteiger charge is 2.23. The van der Waals surface area contributed by atoms with Gasteiger partial charge in [0.25, 0.3) is 5.91 Å². The lowest BCUT2D eigenvalue weighted by Gasteiger charge is -2.29. The van der Waals surface area contributed by atoms with Crippen LogP contribution in [0.25, 0.3) is 0 Å². The first kappa shape index (κ1) is 19.4. The molecule has 1 aliphatic carbocycles. The first-order valence-corrected chi connectivity index (χ1v) is 10.5. The number of rotatable bonds is 6. The fourth-order valence-corrected chi connectivity index (χ4v) is 3.83. The maximum atomic E-state index is 12.0. The minimum Gasteiger partial charge on any atom is -0.452 e. The van der Waals surface area contributed by atoms with E-state index in [-0.39, 0.29) is 29.9 Å². The second-order valence-electron chi connectivity index (χ2n) is 6.78. The van der Waals surface area contributed by atoms with E-state index in [2.05, 4.69) is 12.2 Å². The fourth-order valence-electron chi connectivity index (χ4n) is 3.03. The number of esters is 1. The first-order chi connectivity index (χ1) is 11.7. The summed E-state index contributed by atoms with van der Waals surface area (Å²) in [6.07, 6.45) is 5.51. The molecule has 7 heteroatoms. The van der Waals surface area contributed by atoms with Crippen LogP contribution in [-0.2, 0) is 25.1 Å². The topological polar surface area (TPSA) is 89.5 Å². The number of nitrogens with one attached hydrogen (secondary N) is 1. The highest BCUT2D eigenvalue weighted by molar-refractivity contribution is 7.89. The van der Waals surface area contributed by atoms with Gasteiger partial charge in [-0.2, -0.15) is 0 Å². The van der Waals surface area contributed by atoms with Crippen LogP contribution in [0.1, 0.15) is 48.5 Å². The highest BCUT2D eigenvalue weighted by Crippen LogP contribution is 2.23. The molecule has 0 aliphatic heterocycles. The normalized spacial score (nSPS) is 20.7. The Hall–Kier alpha value is -1.89. The van der Waals surface area contributed by atoms with Gasteiger partial charge in [-0.05, 0) is 36.5 Å². The summed E-state index contributed by atoms with van der Waals surface area (Å²) < 4.78 is 27.5. The smallest absolute Gasteiger partial charge is 0.338 e. The van der Waals surface area contributed by atoms with Gasteiger partial charge >= 0.3 is 5.97 Å². The zero-order valence-corrected chi connectivity index (χ0v) is 15.5. The number of ether oxygens (including phenoxy) is 1. The second kappa shape index (κ2) is 8.47. The maximum Gasteiger partial charge on any atom is 0.338 e. The van der Waals surface area contributed by atoms with Crippen LogP contribution in [0, 0.1) is 5.92 Å². The van der Waals surface area contributed by atoms with Gasteiger partial charge in [0.2, 0.25) is 0 Å². The van der Waals surface area contributed by atoms with Gasteiger partial charge in [0.05, 0.1) is 11.3 Å². The van der Waals surface area contributed by atoms with Gasteiger partial charge in [-0.3, -0.25) is 4.79 Å².